The minimum absolute atomic E-state index is 0.0225. The van der Waals surface area contributed by atoms with Gasteiger partial charge in [0.2, 0.25) is 15.9 Å². The maximum atomic E-state index is 13.2. The molecule has 0 unspecified atom stereocenters. The molecule has 1 saturated heterocycles. The number of nitrogens with zero attached hydrogens (tertiary/aromatic N) is 1. The molecule has 0 bridgehead atoms. The Morgan fingerprint density at radius 2 is 1.89 bits per heavy atom. The van der Waals surface area contributed by atoms with Crippen molar-refractivity contribution in [2.24, 2.45) is 5.92 Å². The molecule has 0 spiro atoms. The molecule has 0 aromatic heterocycles. The molecule has 1 aromatic carbocycles. The van der Waals surface area contributed by atoms with Crippen LogP contribution in [0.4, 0.5) is 0 Å². The molecule has 2 aliphatic rings. The number of hydrogen-bond acceptors (Lipinski definition) is 5. The van der Waals surface area contributed by atoms with E-state index in [-0.39, 0.29) is 16.8 Å². The van der Waals surface area contributed by atoms with Gasteiger partial charge in [0.05, 0.1) is 4.90 Å². The fourth-order valence-corrected chi connectivity index (χ4v) is 5.28. The molecule has 2 atom stereocenters. The van der Waals surface area contributed by atoms with E-state index in [2.05, 4.69) is 19.2 Å². The van der Waals surface area contributed by atoms with Gasteiger partial charge in [-0.3, -0.25) is 4.79 Å². The highest BCUT2D eigenvalue weighted by atomic mass is 32.2. The van der Waals surface area contributed by atoms with E-state index in [4.69, 9.17) is 9.47 Å². The van der Waals surface area contributed by atoms with Crippen molar-refractivity contribution < 1.29 is 22.7 Å². The number of rotatable bonds is 7. The summed E-state index contributed by atoms with van der Waals surface area (Å²) < 4.78 is 38.7. The summed E-state index contributed by atoms with van der Waals surface area (Å²) in [7, 11) is -3.79. The first-order chi connectivity index (χ1) is 13.3. The summed E-state index contributed by atoms with van der Waals surface area (Å²) >= 11 is 0. The summed E-state index contributed by atoms with van der Waals surface area (Å²) in [6.07, 6.45) is 3.10. The predicted molar refractivity (Wildman–Crippen MR) is 106 cm³/mol. The normalized spacial score (nSPS) is 20.9. The van der Waals surface area contributed by atoms with Crippen molar-refractivity contribution in [1.29, 1.82) is 0 Å². The molecule has 1 N–H and O–H groups in total. The lowest BCUT2D eigenvalue weighted by Gasteiger charge is -2.26. The van der Waals surface area contributed by atoms with E-state index in [1.807, 2.05) is 6.92 Å². The molecule has 0 saturated carbocycles. The molecule has 0 radical (unpaired) electrons. The Kier molecular flexibility index (Phi) is 6.50. The van der Waals surface area contributed by atoms with E-state index in [1.54, 1.807) is 6.07 Å². The minimum atomic E-state index is -3.79. The van der Waals surface area contributed by atoms with Crippen LogP contribution >= 0.6 is 0 Å². The van der Waals surface area contributed by atoms with Gasteiger partial charge in [0.15, 0.2) is 11.5 Å². The number of carbonyl (C=O) groups excluding carboxylic acids is 1. The van der Waals surface area contributed by atoms with Crippen molar-refractivity contribution >= 4 is 15.9 Å². The van der Waals surface area contributed by atoms with Crippen LogP contribution in [0.1, 0.15) is 46.5 Å². The number of benzene rings is 1. The third kappa shape index (κ3) is 4.60. The Hall–Kier alpha value is -1.80. The van der Waals surface area contributed by atoms with Crippen LogP contribution in [0.25, 0.3) is 0 Å². The Morgan fingerprint density at radius 3 is 2.61 bits per heavy atom. The van der Waals surface area contributed by atoms with Crippen LogP contribution < -0.4 is 14.8 Å². The van der Waals surface area contributed by atoms with Crippen LogP contribution in [0.5, 0.6) is 11.5 Å². The van der Waals surface area contributed by atoms with E-state index in [0.29, 0.717) is 50.0 Å². The molecule has 8 heteroatoms. The Morgan fingerprint density at radius 1 is 1.18 bits per heavy atom. The van der Waals surface area contributed by atoms with Crippen molar-refractivity contribution in [2.75, 3.05) is 19.8 Å². The number of hydrogen-bond donors (Lipinski definition) is 1. The summed E-state index contributed by atoms with van der Waals surface area (Å²) in [6.45, 7) is 7.44. The number of amides is 1. The Balaban J connectivity index is 1.73. The smallest absolute Gasteiger partial charge is 0.243 e. The van der Waals surface area contributed by atoms with Gasteiger partial charge in [-0.05, 0) is 50.7 Å². The second-order valence-electron chi connectivity index (χ2n) is 7.96. The maximum absolute atomic E-state index is 13.2. The number of ether oxygens (including phenoxy) is 2. The molecule has 28 heavy (non-hydrogen) atoms. The van der Waals surface area contributed by atoms with Crippen LogP contribution in [0.15, 0.2) is 23.1 Å². The molecule has 1 amide bonds. The van der Waals surface area contributed by atoms with Crippen LogP contribution in [0.3, 0.4) is 0 Å². The van der Waals surface area contributed by atoms with Crippen molar-refractivity contribution in [1.82, 2.24) is 9.62 Å². The Bertz CT molecular complexity index is 809. The van der Waals surface area contributed by atoms with E-state index in [0.717, 1.165) is 12.8 Å². The molecular formula is C20H30N2O5S. The molecule has 3 rings (SSSR count). The SMILES string of the molecule is CC(C)CC[C@H](C)NC(=O)[C@H]1CCCN1S(=O)(=O)c1ccc2c(c1)OCCO2. The summed E-state index contributed by atoms with van der Waals surface area (Å²) in [5.74, 6) is 1.32. The van der Waals surface area contributed by atoms with Gasteiger partial charge in [0.1, 0.15) is 19.3 Å². The summed E-state index contributed by atoms with van der Waals surface area (Å²) in [6, 6.07) is 3.97. The average molecular weight is 411 g/mol. The van der Waals surface area contributed by atoms with Gasteiger partial charge in [-0.15, -0.1) is 0 Å². The second-order valence-corrected chi connectivity index (χ2v) is 9.85. The van der Waals surface area contributed by atoms with Crippen molar-refractivity contribution in [2.45, 2.75) is 63.4 Å². The first-order valence-corrected chi connectivity index (χ1v) is 11.4. The van der Waals surface area contributed by atoms with Crippen LogP contribution in [0, 0.1) is 5.92 Å². The van der Waals surface area contributed by atoms with Crippen LogP contribution in [-0.2, 0) is 14.8 Å². The first kappa shape index (κ1) is 20.9. The third-order valence-corrected chi connectivity index (χ3v) is 7.10. The van der Waals surface area contributed by atoms with E-state index < -0.39 is 16.1 Å². The van der Waals surface area contributed by atoms with Crippen molar-refractivity contribution in [3.8, 4) is 11.5 Å². The highest BCUT2D eigenvalue weighted by Gasteiger charge is 2.40. The zero-order chi connectivity index (χ0) is 20.3. The fourth-order valence-electron chi connectivity index (χ4n) is 3.60. The van der Waals surface area contributed by atoms with Gasteiger partial charge >= 0.3 is 0 Å². The van der Waals surface area contributed by atoms with Crippen molar-refractivity contribution in [3.05, 3.63) is 18.2 Å². The van der Waals surface area contributed by atoms with Gasteiger partial charge < -0.3 is 14.8 Å². The zero-order valence-electron chi connectivity index (χ0n) is 16.8. The molecule has 7 nitrogen and oxygen atoms in total. The highest BCUT2D eigenvalue weighted by molar-refractivity contribution is 7.89. The molecule has 156 valence electrons. The molecular weight excluding hydrogens is 380 g/mol. The number of sulfonamides is 1. The van der Waals surface area contributed by atoms with E-state index >= 15 is 0 Å². The number of carbonyl (C=O) groups is 1. The lowest BCUT2D eigenvalue weighted by atomic mass is 10.0. The quantitative estimate of drug-likeness (QED) is 0.747. The lowest BCUT2D eigenvalue weighted by Crippen LogP contribution is -2.48. The second kappa shape index (κ2) is 8.69. The maximum Gasteiger partial charge on any atom is 0.243 e. The molecule has 1 fully saturated rings. The largest absolute Gasteiger partial charge is 0.486 e. The number of nitrogens with one attached hydrogen (secondary N) is 1. The molecule has 0 aliphatic carbocycles. The lowest BCUT2D eigenvalue weighted by molar-refractivity contribution is -0.124. The monoisotopic (exact) mass is 410 g/mol. The van der Waals surface area contributed by atoms with Crippen molar-refractivity contribution in [3.63, 3.8) is 0 Å². The molecule has 2 heterocycles. The van der Waals surface area contributed by atoms with E-state index in [1.165, 1.54) is 16.4 Å². The van der Waals surface area contributed by atoms with Gasteiger partial charge in [-0.25, -0.2) is 8.42 Å². The van der Waals surface area contributed by atoms with Gasteiger partial charge in [0.25, 0.3) is 0 Å². The minimum Gasteiger partial charge on any atom is -0.486 e. The summed E-state index contributed by atoms with van der Waals surface area (Å²) in [5, 5.41) is 2.99. The molecule has 2 aliphatic heterocycles. The summed E-state index contributed by atoms with van der Waals surface area (Å²) in [4.78, 5) is 12.9. The van der Waals surface area contributed by atoms with Gasteiger partial charge in [-0.1, -0.05) is 13.8 Å². The topological polar surface area (TPSA) is 84.9 Å². The van der Waals surface area contributed by atoms with Gasteiger partial charge in [0, 0.05) is 18.7 Å². The highest BCUT2D eigenvalue weighted by Crippen LogP contribution is 2.34. The van der Waals surface area contributed by atoms with Crippen LogP contribution in [-0.4, -0.2) is 50.5 Å². The van der Waals surface area contributed by atoms with Gasteiger partial charge in [-0.2, -0.15) is 4.31 Å². The standard InChI is InChI=1S/C20H30N2O5S/c1-14(2)6-7-15(3)21-20(23)17-5-4-10-22(17)28(24,25)16-8-9-18-19(13-16)27-12-11-26-18/h8-9,13-15,17H,4-7,10-12H2,1-3H3,(H,21,23)/t15-,17+/m0/s1. The first-order valence-electron chi connectivity index (χ1n) is 10.0. The van der Waals surface area contributed by atoms with Crippen LogP contribution in [0.2, 0.25) is 0 Å². The molecule has 1 aromatic rings. The Labute approximate surface area is 167 Å². The fraction of sp³-hybridized carbons (Fsp3) is 0.650. The van der Waals surface area contributed by atoms with E-state index in [9.17, 15) is 13.2 Å². The summed E-state index contributed by atoms with van der Waals surface area (Å²) in [5.41, 5.74) is 0. The predicted octanol–water partition coefficient (Wildman–Crippen LogP) is 2.55. The zero-order valence-corrected chi connectivity index (χ0v) is 17.6. The third-order valence-electron chi connectivity index (χ3n) is 5.19. The average Bonchev–Trinajstić information content (AvgIpc) is 3.17. The number of fused-ring (bicyclic) bond motifs is 1.